The zero-order chi connectivity index (χ0) is 25.6. The fourth-order valence-corrected chi connectivity index (χ4v) is 6.62. The monoisotopic (exact) mass is 589 g/mol. The summed E-state index contributed by atoms with van der Waals surface area (Å²) in [7, 11) is 0. The van der Waals surface area contributed by atoms with Gasteiger partial charge in [0.15, 0.2) is 0 Å². The summed E-state index contributed by atoms with van der Waals surface area (Å²) >= 11 is 11.6. The zero-order valence-electron chi connectivity index (χ0n) is 20.2. The fourth-order valence-electron chi connectivity index (χ4n) is 5.12. The first-order chi connectivity index (χ1) is 18.6. The molecule has 0 radical (unpaired) electrons. The summed E-state index contributed by atoms with van der Waals surface area (Å²) in [5.74, 6) is 0. The lowest BCUT2D eigenvalue weighted by Gasteiger charge is -2.09. The van der Waals surface area contributed by atoms with Crippen molar-refractivity contribution in [3.8, 4) is 37.7 Å². The van der Waals surface area contributed by atoms with Crippen LogP contribution in [0.4, 0.5) is 0 Å². The van der Waals surface area contributed by atoms with Gasteiger partial charge in [0.2, 0.25) is 0 Å². The van der Waals surface area contributed by atoms with E-state index in [0.29, 0.717) is 0 Å². The Balaban J connectivity index is 1.32. The van der Waals surface area contributed by atoms with E-state index in [1.807, 2.05) is 23.5 Å². The molecule has 0 spiro atoms. The first kappa shape index (κ1) is 23.5. The first-order valence-corrected chi connectivity index (χ1v) is 14.4. The van der Waals surface area contributed by atoms with Gasteiger partial charge in [0.25, 0.3) is 0 Å². The van der Waals surface area contributed by atoms with Crippen molar-refractivity contribution >= 4 is 60.7 Å². The van der Waals surface area contributed by atoms with E-state index in [0.717, 1.165) is 20.7 Å². The lowest BCUT2D eigenvalue weighted by Crippen LogP contribution is -1.93. The Kier molecular flexibility index (Phi) is 5.93. The Hall–Kier alpha value is -3.63. The molecule has 0 saturated heterocycles. The van der Waals surface area contributed by atoms with Crippen molar-refractivity contribution in [2.45, 2.75) is 0 Å². The molecule has 0 fully saturated rings. The molecular formula is C34H21BrClNS. The molecule has 2 aromatic heterocycles. The van der Waals surface area contributed by atoms with Crippen LogP contribution >= 0.6 is 38.9 Å². The second-order valence-electron chi connectivity index (χ2n) is 9.31. The average molecular weight is 591 g/mol. The third-order valence-corrected chi connectivity index (χ3v) is 8.91. The van der Waals surface area contributed by atoms with Crippen molar-refractivity contribution in [2.24, 2.45) is 0 Å². The Labute approximate surface area is 238 Å². The minimum Gasteiger partial charge on any atom is -0.309 e. The quantitative estimate of drug-likeness (QED) is 0.192. The molecule has 1 nitrogen and oxygen atoms in total. The van der Waals surface area contributed by atoms with E-state index in [1.54, 1.807) is 0 Å². The molecule has 0 aliphatic carbocycles. The maximum absolute atomic E-state index is 6.13. The van der Waals surface area contributed by atoms with Gasteiger partial charge < -0.3 is 4.57 Å². The Morgan fingerprint density at radius 1 is 0.526 bits per heavy atom. The van der Waals surface area contributed by atoms with E-state index in [9.17, 15) is 0 Å². The molecule has 0 N–H and O–H groups in total. The van der Waals surface area contributed by atoms with Gasteiger partial charge in [-0.1, -0.05) is 88.2 Å². The van der Waals surface area contributed by atoms with Gasteiger partial charge in [0.05, 0.1) is 11.0 Å². The maximum atomic E-state index is 6.13. The highest BCUT2D eigenvalue weighted by Gasteiger charge is 2.14. The molecule has 0 aliphatic heterocycles. The summed E-state index contributed by atoms with van der Waals surface area (Å²) < 4.78 is 3.43. The molecule has 7 rings (SSSR count). The Morgan fingerprint density at radius 2 is 1.11 bits per heavy atom. The summed E-state index contributed by atoms with van der Waals surface area (Å²) in [5.41, 5.74) is 8.34. The van der Waals surface area contributed by atoms with Crippen LogP contribution in [0.25, 0.3) is 59.5 Å². The highest BCUT2D eigenvalue weighted by Crippen LogP contribution is 2.38. The molecule has 4 heteroatoms. The van der Waals surface area contributed by atoms with Crippen LogP contribution in [-0.2, 0) is 0 Å². The van der Waals surface area contributed by atoms with Crippen LogP contribution in [0.15, 0.2) is 132 Å². The van der Waals surface area contributed by atoms with Crippen LogP contribution < -0.4 is 0 Å². The topological polar surface area (TPSA) is 4.93 Å². The van der Waals surface area contributed by atoms with Crippen LogP contribution in [0, 0.1) is 0 Å². The molecule has 0 atom stereocenters. The number of rotatable bonds is 4. The van der Waals surface area contributed by atoms with Crippen LogP contribution in [0.3, 0.4) is 0 Å². The normalized spacial score (nSPS) is 11.4. The predicted octanol–water partition coefficient (Wildman–Crippen LogP) is 11.3. The van der Waals surface area contributed by atoms with E-state index in [-0.39, 0.29) is 0 Å². The van der Waals surface area contributed by atoms with Gasteiger partial charge >= 0.3 is 0 Å². The number of hydrogen-bond donors (Lipinski definition) is 0. The molecule has 2 heterocycles. The molecule has 0 amide bonds. The third-order valence-electron chi connectivity index (χ3n) is 6.98. The minimum absolute atomic E-state index is 0.748. The number of fused-ring (bicyclic) bond motifs is 3. The maximum Gasteiger partial charge on any atom is 0.0541 e. The van der Waals surface area contributed by atoms with Gasteiger partial charge in [-0.3, -0.25) is 0 Å². The highest BCUT2D eigenvalue weighted by atomic mass is 79.9. The lowest BCUT2D eigenvalue weighted by atomic mass is 10.0. The molecule has 0 bridgehead atoms. The first-order valence-electron chi connectivity index (χ1n) is 12.4. The molecule has 0 unspecified atom stereocenters. The molecule has 182 valence electrons. The van der Waals surface area contributed by atoms with Crippen molar-refractivity contribution in [3.63, 3.8) is 0 Å². The molecule has 7 aromatic rings. The fraction of sp³-hybridized carbons (Fsp3) is 0. The van der Waals surface area contributed by atoms with E-state index < -0.39 is 0 Å². The Bertz CT molecular complexity index is 1920. The van der Waals surface area contributed by atoms with Crippen molar-refractivity contribution in [1.29, 1.82) is 0 Å². The van der Waals surface area contributed by atoms with E-state index in [4.69, 9.17) is 11.6 Å². The highest BCUT2D eigenvalue weighted by molar-refractivity contribution is 9.10. The summed E-state index contributed by atoms with van der Waals surface area (Å²) in [4.78, 5) is 2.56. The van der Waals surface area contributed by atoms with Gasteiger partial charge in [-0.05, 0) is 89.0 Å². The molecular weight excluding hydrogens is 570 g/mol. The van der Waals surface area contributed by atoms with Gasteiger partial charge in [0.1, 0.15) is 0 Å². The van der Waals surface area contributed by atoms with Gasteiger partial charge in [-0.2, -0.15) is 0 Å². The molecule has 38 heavy (non-hydrogen) atoms. The number of thiophene rings is 1. The summed E-state index contributed by atoms with van der Waals surface area (Å²) in [6.07, 6.45) is 0. The number of benzene rings is 5. The number of nitrogens with zero attached hydrogens (tertiary/aromatic N) is 1. The third kappa shape index (κ3) is 4.17. The second kappa shape index (κ2) is 9.59. The lowest BCUT2D eigenvalue weighted by molar-refractivity contribution is 1.18. The Morgan fingerprint density at radius 3 is 1.82 bits per heavy atom. The van der Waals surface area contributed by atoms with Crippen molar-refractivity contribution in [1.82, 2.24) is 4.57 Å². The molecule has 0 aliphatic rings. The number of aromatic nitrogens is 1. The standard InChI is InChI=1S/C34H21BrClNS/c35-26-11-17-32-30(21-26)29-20-25(22-6-12-27(36)13-7-22)10-16-31(29)37(32)28-14-8-24(9-15-28)34-19-18-33(38-34)23-4-2-1-3-5-23/h1-21H. The summed E-state index contributed by atoms with van der Waals surface area (Å²) in [6.45, 7) is 0. The predicted molar refractivity (Wildman–Crippen MR) is 168 cm³/mol. The number of halogens is 2. The van der Waals surface area contributed by atoms with Crippen LogP contribution in [0.5, 0.6) is 0 Å². The van der Waals surface area contributed by atoms with Crippen LogP contribution in [0.2, 0.25) is 5.02 Å². The van der Waals surface area contributed by atoms with Crippen LogP contribution in [0.1, 0.15) is 0 Å². The van der Waals surface area contributed by atoms with E-state index >= 15 is 0 Å². The minimum atomic E-state index is 0.748. The SMILES string of the molecule is Clc1ccc(-c2ccc3c(c2)c2cc(Br)ccc2n3-c2ccc(-c3ccc(-c4ccccc4)s3)cc2)cc1. The largest absolute Gasteiger partial charge is 0.309 e. The van der Waals surface area contributed by atoms with Crippen molar-refractivity contribution < 1.29 is 0 Å². The van der Waals surface area contributed by atoms with Crippen molar-refractivity contribution in [3.05, 3.63) is 137 Å². The molecule has 5 aromatic carbocycles. The van der Waals surface area contributed by atoms with Gasteiger partial charge in [-0.25, -0.2) is 0 Å². The smallest absolute Gasteiger partial charge is 0.0541 e. The van der Waals surface area contributed by atoms with Gasteiger partial charge in [-0.15, -0.1) is 11.3 Å². The van der Waals surface area contributed by atoms with Crippen molar-refractivity contribution in [2.75, 3.05) is 0 Å². The zero-order valence-corrected chi connectivity index (χ0v) is 23.4. The van der Waals surface area contributed by atoms with Crippen LogP contribution in [-0.4, -0.2) is 4.57 Å². The summed E-state index contributed by atoms with van der Waals surface area (Å²) in [5, 5.41) is 3.20. The van der Waals surface area contributed by atoms with Gasteiger partial charge in [0, 0.05) is 35.7 Å². The average Bonchev–Trinajstić information content (AvgIpc) is 3.57. The summed E-state index contributed by atoms with van der Waals surface area (Å²) in [6, 6.07) is 45.2. The van der Waals surface area contributed by atoms with E-state index in [2.05, 4.69) is 136 Å². The molecule has 0 saturated carbocycles. The van der Waals surface area contributed by atoms with E-state index in [1.165, 1.54) is 48.3 Å². The number of hydrogen-bond acceptors (Lipinski definition) is 1. The second-order valence-corrected chi connectivity index (χ2v) is 11.7.